The summed E-state index contributed by atoms with van der Waals surface area (Å²) in [5.74, 6) is 0.700. The first-order valence-electron chi connectivity index (χ1n) is 8.54. The van der Waals surface area contributed by atoms with Gasteiger partial charge in [-0.3, -0.25) is 14.2 Å². The van der Waals surface area contributed by atoms with Gasteiger partial charge in [0.15, 0.2) is 0 Å². The Morgan fingerprint density at radius 3 is 2.81 bits per heavy atom. The highest BCUT2D eigenvalue weighted by molar-refractivity contribution is 5.73. The van der Waals surface area contributed by atoms with E-state index in [2.05, 4.69) is 11.1 Å². The van der Waals surface area contributed by atoms with Gasteiger partial charge in [0.1, 0.15) is 5.75 Å². The average Bonchev–Trinajstić information content (AvgIpc) is 2.67. The highest BCUT2D eigenvalue weighted by Gasteiger charge is 2.22. The van der Waals surface area contributed by atoms with E-state index < -0.39 is 0 Å². The monoisotopic (exact) mass is 352 g/mol. The summed E-state index contributed by atoms with van der Waals surface area (Å²) in [6.07, 6.45) is 2.76. The van der Waals surface area contributed by atoms with E-state index in [1.54, 1.807) is 40.1 Å². The molecule has 1 aliphatic heterocycles. The molecule has 0 N–H and O–H groups in total. The third kappa shape index (κ3) is 3.91. The van der Waals surface area contributed by atoms with Crippen molar-refractivity contribution < 1.29 is 9.53 Å². The van der Waals surface area contributed by atoms with Gasteiger partial charge < -0.3 is 9.64 Å². The molecule has 2 aromatic rings. The first-order valence-corrected chi connectivity index (χ1v) is 8.54. The topological polar surface area (TPSA) is 88.2 Å². The number of fused-ring (bicyclic) bond motifs is 1. The molecule has 0 unspecified atom stereocenters. The van der Waals surface area contributed by atoms with Crippen LogP contribution in [-0.2, 0) is 24.3 Å². The minimum Gasteiger partial charge on any atom is -0.494 e. The molecular weight excluding hydrogens is 332 g/mol. The third-order valence-corrected chi connectivity index (χ3v) is 4.43. The van der Waals surface area contributed by atoms with Crippen LogP contribution in [0.4, 0.5) is 0 Å². The predicted molar refractivity (Wildman–Crippen MR) is 94.6 cm³/mol. The number of aryl methyl sites for hydroxylation is 1. The molecule has 0 aliphatic carbocycles. The summed E-state index contributed by atoms with van der Waals surface area (Å²) in [5.41, 5.74) is 1.96. The Hall–Kier alpha value is -3.14. The largest absolute Gasteiger partial charge is 0.494 e. The minimum atomic E-state index is -0.0309. The molecule has 1 amide bonds. The van der Waals surface area contributed by atoms with Crippen LogP contribution in [0.15, 0.2) is 35.4 Å². The van der Waals surface area contributed by atoms with Crippen molar-refractivity contribution in [2.45, 2.75) is 32.9 Å². The lowest BCUT2D eigenvalue weighted by Crippen LogP contribution is -2.39. The van der Waals surface area contributed by atoms with Gasteiger partial charge >= 0.3 is 0 Å². The fraction of sp³-hybridized carbons (Fsp3) is 0.368. The highest BCUT2D eigenvalue weighted by atomic mass is 16.5. The summed E-state index contributed by atoms with van der Waals surface area (Å²) in [5, 5.41) is 8.77. The van der Waals surface area contributed by atoms with Crippen LogP contribution >= 0.6 is 0 Å². The van der Waals surface area contributed by atoms with Crippen LogP contribution < -0.4 is 10.3 Å². The fourth-order valence-corrected chi connectivity index (χ4v) is 2.94. The maximum absolute atomic E-state index is 12.6. The van der Waals surface area contributed by atoms with Crippen LogP contribution in [0.5, 0.6) is 5.75 Å². The zero-order chi connectivity index (χ0) is 18.5. The van der Waals surface area contributed by atoms with Crippen molar-refractivity contribution in [3.05, 3.63) is 57.8 Å². The number of ether oxygens (including phenoxy) is 1. The lowest BCUT2D eigenvalue weighted by Gasteiger charge is -2.26. The number of aromatic nitrogens is 2. The van der Waals surface area contributed by atoms with E-state index in [9.17, 15) is 9.59 Å². The van der Waals surface area contributed by atoms with Crippen LogP contribution in [0, 0.1) is 11.3 Å². The van der Waals surface area contributed by atoms with E-state index in [-0.39, 0.29) is 11.5 Å². The first kappa shape index (κ1) is 17.7. The van der Waals surface area contributed by atoms with E-state index in [0.717, 1.165) is 0 Å². The molecule has 7 nitrogen and oxygen atoms in total. The summed E-state index contributed by atoms with van der Waals surface area (Å²) in [7, 11) is 0. The van der Waals surface area contributed by atoms with Crippen molar-refractivity contribution in [3.8, 4) is 11.8 Å². The number of rotatable bonds is 5. The lowest BCUT2D eigenvalue weighted by atomic mass is 10.1. The van der Waals surface area contributed by atoms with Crippen molar-refractivity contribution in [2.75, 3.05) is 13.2 Å². The van der Waals surface area contributed by atoms with E-state index in [1.165, 1.54) is 6.92 Å². The molecule has 0 bridgehead atoms. The second kappa shape index (κ2) is 7.83. The average molecular weight is 352 g/mol. The van der Waals surface area contributed by atoms with Crippen LogP contribution in [0.3, 0.4) is 0 Å². The van der Waals surface area contributed by atoms with Crippen LogP contribution in [-0.4, -0.2) is 33.5 Å². The summed E-state index contributed by atoms with van der Waals surface area (Å²) in [6, 6.07) is 8.98. The molecule has 0 atom stereocenters. The Labute approximate surface area is 151 Å². The summed E-state index contributed by atoms with van der Waals surface area (Å²) < 4.78 is 7.23. The van der Waals surface area contributed by atoms with Gasteiger partial charge in [0.25, 0.3) is 5.56 Å². The van der Waals surface area contributed by atoms with Crippen molar-refractivity contribution in [1.29, 1.82) is 5.26 Å². The molecule has 1 aromatic heterocycles. The number of amides is 1. The summed E-state index contributed by atoms with van der Waals surface area (Å²) in [6.45, 7) is 3.48. The first-order chi connectivity index (χ1) is 12.6. The van der Waals surface area contributed by atoms with Crippen LogP contribution in [0.2, 0.25) is 0 Å². The SMILES string of the molecule is CC(=O)N1CCc2c(ncn(CCCOc3ccc(C#N)cc3)c2=O)C1. The molecule has 0 saturated heterocycles. The molecule has 2 heterocycles. The number of hydrogen-bond donors (Lipinski definition) is 0. The molecule has 26 heavy (non-hydrogen) atoms. The fourth-order valence-electron chi connectivity index (χ4n) is 2.94. The van der Waals surface area contributed by atoms with Gasteiger partial charge in [-0.1, -0.05) is 0 Å². The standard InChI is InChI=1S/C19H20N4O3/c1-14(24)22-9-7-17-18(12-22)21-13-23(19(17)25)8-2-10-26-16-5-3-15(11-20)4-6-16/h3-6,13H,2,7-10,12H2,1H3. The third-order valence-electron chi connectivity index (χ3n) is 4.43. The molecule has 3 rings (SSSR count). The summed E-state index contributed by atoms with van der Waals surface area (Å²) >= 11 is 0. The zero-order valence-electron chi connectivity index (χ0n) is 14.6. The van der Waals surface area contributed by atoms with Gasteiger partial charge in [-0.25, -0.2) is 4.98 Å². The molecule has 1 aromatic carbocycles. The Kier molecular flexibility index (Phi) is 5.32. The molecule has 0 radical (unpaired) electrons. The van der Waals surface area contributed by atoms with E-state index in [4.69, 9.17) is 10.00 Å². The van der Waals surface area contributed by atoms with E-state index >= 15 is 0 Å². The van der Waals surface area contributed by atoms with Crippen molar-refractivity contribution in [1.82, 2.24) is 14.5 Å². The minimum absolute atomic E-state index is 0.00146. The molecule has 134 valence electrons. The molecule has 7 heteroatoms. The van der Waals surface area contributed by atoms with Gasteiger partial charge in [-0.05, 0) is 37.1 Å². The molecular formula is C19H20N4O3. The summed E-state index contributed by atoms with van der Waals surface area (Å²) in [4.78, 5) is 30.1. The second-order valence-corrected chi connectivity index (χ2v) is 6.20. The Morgan fingerprint density at radius 1 is 1.35 bits per heavy atom. The lowest BCUT2D eigenvalue weighted by molar-refractivity contribution is -0.129. The van der Waals surface area contributed by atoms with Crippen molar-refractivity contribution in [3.63, 3.8) is 0 Å². The molecule has 1 aliphatic rings. The number of nitrogens with zero attached hydrogens (tertiary/aromatic N) is 4. The number of nitriles is 1. The van der Waals surface area contributed by atoms with E-state index in [0.29, 0.717) is 61.7 Å². The molecule has 0 fully saturated rings. The number of hydrogen-bond acceptors (Lipinski definition) is 5. The Bertz CT molecular complexity index is 896. The molecule has 0 saturated carbocycles. The second-order valence-electron chi connectivity index (χ2n) is 6.20. The number of carbonyl (C=O) groups is 1. The van der Waals surface area contributed by atoms with Crippen LogP contribution in [0.1, 0.15) is 30.2 Å². The van der Waals surface area contributed by atoms with Gasteiger partial charge in [0.05, 0.1) is 36.8 Å². The van der Waals surface area contributed by atoms with Gasteiger partial charge in [0, 0.05) is 25.6 Å². The maximum Gasteiger partial charge on any atom is 0.256 e. The van der Waals surface area contributed by atoms with Gasteiger partial charge in [0.2, 0.25) is 5.91 Å². The predicted octanol–water partition coefficient (Wildman–Crippen LogP) is 1.49. The Balaban J connectivity index is 1.56. The maximum atomic E-state index is 12.6. The molecule has 0 spiro atoms. The number of carbonyl (C=O) groups excluding carboxylic acids is 1. The van der Waals surface area contributed by atoms with E-state index in [1.807, 2.05) is 0 Å². The normalized spacial score (nSPS) is 13.0. The van der Waals surface area contributed by atoms with Crippen molar-refractivity contribution >= 4 is 5.91 Å². The van der Waals surface area contributed by atoms with Gasteiger partial charge in [-0.2, -0.15) is 5.26 Å². The van der Waals surface area contributed by atoms with Crippen molar-refractivity contribution in [2.24, 2.45) is 0 Å². The van der Waals surface area contributed by atoms with Crippen LogP contribution in [0.25, 0.3) is 0 Å². The number of benzene rings is 1. The Morgan fingerprint density at radius 2 is 2.12 bits per heavy atom. The zero-order valence-corrected chi connectivity index (χ0v) is 14.6. The quantitative estimate of drug-likeness (QED) is 0.761. The smallest absolute Gasteiger partial charge is 0.256 e. The van der Waals surface area contributed by atoms with Gasteiger partial charge in [-0.15, -0.1) is 0 Å². The highest BCUT2D eigenvalue weighted by Crippen LogP contribution is 2.14.